The van der Waals surface area contributed by atoms with Crippen LogP contribution in [0.5, 0.6) is 0 Å². The van der Waals surface area contributed by atoms with Crippen molar-refractivity contribution in [2.45, 2.75) is 33.6 Å². The third kappa shape index (κ3) is 7.78. The zero-order chi connectivity index (χ0) is 10.1. The zero-order valence-corrected chi connectivity index (χ0v) is 8.93. The minimum Gasteiger partial charge on any atom is -0.372 e. The molecule has 0 aromatic carbocycles. The Balaban J connectivity index is 3.30. The minimum absolute atomic E-state index is 0.00579. The zero-order valence-electron chi connectivity index (χ0n) is 8.93. The lowest BCUT2D eigenvalue weighted by molar-refractivity contribution is -0.125. The molecule has 1 N–H and O–H groups in total. The molecular weight excluding hydrogens is 166 g/mol. The lowest BCUT2D eigenvalue weighted by Gasteiger charge is -2.09. The molecule has 78 valence electrons. The van der Waals surface area contributed by atoms with Crippen molar-refractivity contribution < 1.29 is 9.53 Å². The first kappa shape index (κ1) is 12.4. The Bertz CT molecular complexity index is 137. The predicted molar refractivity (Wildman–Crippen MR) is 53.6 cm³/mol. The molecule has 0 aromatic rings. The first-order chi connectivity index (χ1) is 6.20. The number of rotatable bonds is 7. The van der Waals surface area contributed by atoms with Crippen LogP contribution in [0.2, 0.25) is 0 Å². The van der Waals surface area contributed by atoms with Gasteiger partial charge in [0.25, 0.3) is 0 Å². The molecule has 3 heteroatoms. The highest BCUT2D eigenvalue weighted by Gasteiger charge is 2.02. The van der Waals surface area contributed by atoms with E-state index < -0.39 is 0 Å². The molecule has 0 aliphatic carbocycles. The molecule has 13 heavy (non-hydrogen) atoms. The highest BCUT2D eigenvalue weighted by molar-refractivity contribution is 5.77. The summed E-state index contributed by atoms with van der Waals surface area (Å²) >= 11 is 0. The molecule has 0 saturated carbocycles. The van der Waals surface area contributed by atoms with Crippen LogP contribution < -0.4 is 5.32 Å². The van der Waals surface area contributed by atoms with Crippen molar-refractivity contribution in [1.82, 2.24) is 5.32 Å². The van der Waals surface area contributed by atoms with E-state index in [2.05, 4.69) is 19.2 Å². The van der Waals surface area contributed by atoms with E-state index in [-0.39, 0.29) is 12.5 Å². The number of amides is 1. The summed E-state index contributed by atoms with van der Waals surface area (Å²) in [6.07, 6.45) is 2.05. The van der Waals surface area contributed by atoms with E-state index in [1.54, 1.807) is 0 Å². The van der Waals surface area contributed by atoms with Gasteiger partial charge in [0.2, 0.25) is 5.91 Å². The first-order valence-electron chi connectivity index (χ1n) is 5.05. The largest absolute Gasteiger partial charge is 0.372 e. The minimum atomic E-state index is -0.00579. The number of carbonyl (C=O) groups is 1. The van der Waals surface area contributed by atoms with Gasteiger partial charge < -0.3 is 10.1 Å². The van der Waals surface area contributed by atoms with Gasteiger partial charge in [-0.3, -0.25) is 4.79 Å². The number of nitrogens with one attached hydrogen (secondary N) is 1. The lowest BCUT2D eigenvalue weighted by Crippen LogP contribution is -2.31. The molecule has 0 spiro atoms. The van der Waals surface area contributed by atoms with Crippen LogP contribution in [0.1, 0.15) is 33.6 Å². The molecule has 0 aromatic heterocycles. The van der Waals surface area contributed by atoms with Crippen LogP contribution in [0.3, 0.4) is 0 Å². The summed E-state index contributed by atoms with van der Waals surface area (Å²) in [6.45, 7) is 7.88. The maximum Gasteiger partial charge on any atom is 0.246 e. The van der Waals surface area contributed by atoms with Crippen molar-refractivity contribution >= 4 is 5.91 Å². The molecule has 0 rings (SSSR count). The Labute approximate surface area is 80.8 Å². The molecule has 1 atom stereocenters. The van der Waals surface area contributed by atoms with Gasteiger partial charge in [0, 0.05) is 13.2 Å². The second kappa shape index (κ2) is 8.05. The van der Waals surface area contributed by atoms with Crippen LogP contribution in [0.4, 0.5) is 0 Å². The predicted octanol–water partition coefficient (Wildman–Crippen LogP) is 1.58. The van der Waals surface area contributed by atoms with Crippen molar-refractivity contribution in [3.8, 4) is 0 Å². The number of hydrogen-bond donors (Lipinski definition) is 1. The fourth-order valence-corrected chi connectivity index (χ4v) is 0.793. The van der Waals surface area contributed by atoms with E-state index in [1.165, 1.54) is 0 Å². The molecule has 0 heterocycles. The number of ether oxygens (including phenoxy) is 1. The van der Waals surface area contributed by atoms with Gasteiger partial charge in [-0.1, -0.05) is 27.2 Å². The Morgan fingerprint density at radius 3 is 2.69 bits per heavy atom. The van der Waals surface area contributed by atoms with Crippen LogP contribution in [-0.2, 0) is 9.53 Å². The maximum absolute atomic E-state index is 11.1. The van der Waals surface area contributed by atoms with E-state index in [0.29, 0.717) is 12.5 Å². The molecule has 0 aliphatic heterocycles. The first-order valence-corrected chi connectivity index (χ1v) is 5.05. The molecule has 0 radical (unpaired) electrons. The Morgan fingerprint density at radius 2 is 2.15 bits per heavy atom. The van der Waals surface area contributed by atoms with Crippen LogP contribution in [0.15, 0.2) is 0 Å². The number of carbonyl (C=O) groups excluding carboxylic acids is 1. The second-order valence-corrected chi connectivity index (χ2v) is 3.37. The molecule has 0 saturated heterocycles. The Morgan fingerprint density at radius 1 is 1.46 bits per heavy atom. The van der Waals surface area contributed by atoms with Gasteiger partial charge in [0.1, 0.15) is 6.61 Å². The Hall–Kier alpha value is -0.570. The van der Waals surface area contributed by atoms with Crippen molar-refractivity contribution in [3.63, 3.8) is 0 Å². The molecule has 0 bridgehead atoms. The van der Waals surface area contributed by atoms with Crippen molar-refractivity contribution in [2.24, 2.45) is 5.92 Å². The summed E-state index contributed by atoms with van der Waals surface area (Å²) in [5.41, 5.74) is 0. The van der Waals surface area contributed by atoms with Gasteiger partial charge in [-0.2, -0.15) is 0 Å². The molecule has 0 aliphatic rings. The standard InChI is InChI=1S/C10H21NO2/c1-4-6-13-8-10(12)11-7-9(3)5-2/h9H,4-8H2,1-3H3,(H,11,12). The van der Waals surface area contributed by atoms with Gasteiger partial charge in [-0.15, -0.1) is 0 Å². The van der Waals surface area contributed by atoms with Crippen molar-refractivity contribution in [1.29, 1.82) is 0 Å². The molecule has 1 unspecified atom stereocenters. The highest BCUT2D eigenvalue weighted by atomic mass is 16.5. The normalized spacial score (nSPS) is 12.5. The van der Waals surface area contributed by atoms with Crippen LogP contribution in [0, 0.1) is 5.92 Å². The number of hydrogen-bond acceptors (Lipinski definition) is 2. The maximum atomic E-state index is 11.1. The van der Waals surface area contributed by atoms with Gasteiger partial charge in [-0.05, 0) is 12.3 Å². The topological polar surface area (TPSA) is 38.3 Å². The van der Waals surface area contributed by atoms with E-state index in [1.807, 2.05) is 6.92 Å². The van der Waals surface area contributed by atoms with Gasteiger partial charge in [0.15, 0.2) is 0 Å². The molecule has 1 amide bonds. The van der Waals surface area contributed by atoms with Crippen LogP contribution in [-0.4, -0.2) is 25.7 Å². The summed E-state index contributed by atoms with van der Waals surface area (Å²) in [6, 6.07) is 0. The average Bonchev–Trinajstić information content (AvgIpc) is 2.14. The summed E-state index contributed by atoms with van der Waals surface area (Å²) in [5, 5.41) is 2.83. The fourth-order valence-electron chi connectivity index (χ4n) is 0.793. The van der Waals surface area contributed by atoms with E-state index in [0.717, 1.165) is 19.4 Å². The highest BCUT2D eigenvalue weighted by Crippen LogP contribution is 1.96. The third-order valence-corrected chi connectivity index (χ3v) is 1.93. The smallest absolute Gasteiger partial charge is 0.246 e. The third-order valence-electron chi connectivity index (χ3n) is 1.93. The average molecular weight is 187 g/mol. The van der Waals surface area contributed by atoms with E-state index >= 15 is 0 Å². The monoisotopic (exact) mass is 187 g/mol. The molecular formula is C10H21NO2. The molecule has 0 fully saturated rings. The van der Waals surface area contributed by atoms with Crippen molar-refractivity contribution in [2.75, 3.05) is 19.8 Å². The molecule has 3 nitrogen and oxygen atoms in total. The fraction of sp³-hybridized carbons (Fsp3) is 0.900. The lowest BCUT2D eigenvalue weighted by atomic mass is 10.1. The summed E-state index contributed by atoms with van der Waals surface area (Å²) in [5.74, 6) is 0.545. The summed E-state index contributed by atoms with van der Waals surface area (Å²) < 4.78 is 5.10. The van der Waals surface area contributed by atoms with Gasteiger partial charge in [-0.25, -0.2) is 0 Å². The summed E-state index contributed by atoms with van der Waals surface area (Å²) in [7, 11) is 0. The van der Waals surface area contributed by atoms with E-state index in [9.17, 15) is 4.79 Å². The Kier molecular flexibility index (Phi) is 7.69. The second-order valence-electron chi connectivity index (χ2n) is 3.37. The summed E-state index contributed by atoms with van der Waals surface area (Å²) in [4.78, 5) is 11.1. The van der Waals surface area contributed by atoms with Crippen LogP contribution in [0.25, 0.3) is 0 Å². The quantitative estimate of drug-likeness (QED) is 0.614. The van der Waals surface area contributed by atoms with Gasteiger partial charge >= 0.3 is 0 Å². The van der Waals surface area contributed by atoms with Crippen molar-refractivity contribution in [3.05, 3.63) is 0 Å². The van der Waals surface area contributed by atoms with Gasteiger partial charge in [0.05, 0.1) is 0 Å². The SMILES string of the molecule is CCCOCC(=O)NCC(C)CC. The van der Waals surface area contributed by atoms with Crippen LogP contribution >= 0.6 is 0 Å². The van der Waals surface area contributed by atoms with E-state index in [4.69, 9.17) is 4.74 Å².